The smallest absolute Gasteiger partial charge is 0.326 e. The van der Waals surface area contributed by atoms with Gasteiger partial charge in [-0.2, -0.15) is 0 Å². The van der Waals surface area contributed by atoms with Gasteiger partial charge in [0.1, 0.15) is 30.2 Å². The van der Waals surface area contributed by atoms with Crippen molar-refractivity contribution in [1.82, 2.24) is 37.2 Å². The van der Waals surface area contributed by atoms with Gasteiger partial charge in [0.2, 0.25) is 53.2 Å². The van der Waals surface area contributed by atoms with Gasteiger partial charge in [-0.15, -0.1) is 0 Å². The molecule has 0 radical (unpaired) electrons. The molecule has 0 aliphatic heterocycles. The second-order valence-electron chi connectivity index (χ2n) is 15.0. The van der Waals surface area contributed by atoms with Crippen LogP contribution in [0.15, 0.2) is 42.5 Å². The monoisotopic (exact) mass is 827 g/mol. The van der Waals surface area contributed by atoms with Gasteiger partial charge in [0, 0.05) is 18.6 Å². The number of primary amides is 2. The normalized spacial score (nSPS) is 15.4. The van der Waals surface area contributed by atoms with E-state index in [1.54, 1.807) is 58.0 Å². The van der Waals surface area contributed by atoms with E-state index >= 15 is 0 Å². The van der Waals surface area contributed by atoms with Gasteiger partial charge in [-0.25, -0.2) is 4.79 Å². The summed E-state index contributed by atoms with van der Waals surface area (Å²) in [4.78, 5) is 126. The van der Waals surface area contributed by atoms with Crippen molar-refractivity contribution in [2.24, 2.45) is 29.2 Å². The first-order valence-electron chi connectivity index (χ1n) is 19.4. The minimum absolute atomic E-state index is 0.0128. The molecule has 5 atom stereocenters. The number of carboxylic acid groups (broad SMARTS) is 1. The molecule has 2 rings (SSSR count). The number of amides is 9. The molecule has 324 valence electrons. The number of hydrogen-bond donors (Lipinski definition) is 10. The van der Waals surface area contributed by atoms with E-state index in [1.165, 1.54) is 0 Å². The third-order valence-electron chi connectivity index (χ3n) is 9.43. The van der Waals surface area contributed by atoms with E-state index in [0.29, 0.717) is 18.4 Å². The van der Waals surface area contributed by atoms with Crippen molar-refractivity contribution >= 4 is 59.1 Å². The Morgan fingerprint density at radius 2 is 1.24 bits per heavy atom. The van der Waals surface area contributed by atoms with Crippen LogP contribution in [0.4, 0.5) is 0 Å². The van der Waals surface area contributed by atoms with Crippen molar-refractivity contribution in [3.63, 3.8) is 0 Å². The van der Waals surface area contributed by atoms with Crippen LogP contribution in [-0.2, 0) is 54.4 Å². The van der Waals surface area contributed by atoms with Crippen LogP contribution in [0, 0.1) is 17.8 Å². The van der Waals surface area contributed by atoms with Crippen LogP contribution in [0.3, 0.4) is 0 Å². The zero-order chi connectivity index (χ0) is 44.2. The van der Waals surface area contributed by atoms with E-state index in [2.05, 4.69) is 37.2 Å². The van der Waals surface area contributed by atoms with E-state index in [1.807, 2.05) is 0 Å². The Bertz CT molecular complexity index is 1710. The first kappa shape index (κ1) is 48.8. The maximum Gasteiger partial charge on any atom is 0.326 e. The fourth-order valence-corrected chi connectivity index (χ4v) is 6.25. The minimum Gasteiger partial charge on any atom is -0.480 e. The molecule has 1 saturated carbocycles. The molecule has 1 aliphatic carbocycles. The molecule has 0 heterocycles. The van der Waals surface area contributed by atoms with Gasteiger partial charge in [-0.3, -0.25) is 43.2 Å². The number of aliphatic carboxylic acids is 1. The Kier molecular flexibility index (Phi) is 20.2. The molecule has 1 fully saturated rings. The Morgan fingerprint density at radius 1 is 0.661 bits per heavy atom. The van der Waals surface area contributed by atoms with Gasteiger partial charge < -0.3 is 53.8 Å². The molecule has 0 bridgehead atoms. The van der Waals surface area contributed by atoms with E-state index in [9.17, 15) is 53.1 Å². The van der Waals surface area contributed by atoms with Crippen molar-refractivity contribution in [3.8, 4) is 0 Å². The summed E-state index contributed by atoms with van der Waals surface area (Å²) in [6.45, 7) is 5.56. The Labute approximate surface area is 342 Å². The lowest BCUT2D eigenvalue weighted by molar-refractivity contribution is -0.141. The van der Waals surface area contributed by atoms with Gasteiger partial charge >= 0.3 is 5.97 Å². The van der Waals surface area contributed by atoms with Crippen LogP contribution in [0.5, 0.6) is 0 Å². The third-order valence-corrected chi connectivity index (χ3v) is 9.43. The molecule has 20 nitrogen and oxygen atoms in total. The lowest BCUT2D eigenvalue weighted by Crippen LogP contribution is -2.61. The summed E-state index contributed by atoms with van der Waals surface area (Å²) in [5.74, 6) is -9.92. The largest absolute Gasteiger partial charge is 0.480 e. The van der Waals surface area contributed by atoms with Crippen molar-refractivity contribution < 1.29 is 53.1 Å². The van der Waals surface area contributed by atoms with Crippen molar-refractivity contribution in [1.29, 1.82) is 0 Å². The summed E-state index contributed by atoms with van der Waals surface area (Å²) in [5.41, 5.74) is 11.5. The summed E-state index contributed by atoms with van der Waals surface area (Å²) in [6.07, 6.45) is 4.37. The highest BCUT2D eigenvalue weighted by Crippen LogP contribution is 2.27. The Hall–Kier alpha value is -6.34. The molecule has 1 aromatic carbocycles. The van der Waals surface area contributed by atoms with Crippen LogP contribution in [0.25, 0.3) is 0 Å². The number of benzene rings is 1. The fraction of sp³-hybridized carbons (Fsp3) is 0.538. The highest BCUT2D eigenvalue weighted by atomic mass is 16.4. The molecule has 59 heavy (non-hydrogen) atoms. The van der Waals surface area contributed by atoms with Crippen LogP contribution in [0.1, 0.15) is 71.8 Å². The van der Waals surface area contributed by atoms with Crippen LogP contribution >= 0.6 is 0 Å². The predicted molar refractivity (Wildman–Crippen MR) is 212 cm³/mol. The summed E-state index contributed by atoms with van der Waals surface area (Å²) >= 11 is 0. The number of carbonyl (C=O) groups excluding carboxylic acids is 9. The van der Waals surface area contributed by atoms with E-state index in [4.69, 9.17) is 11.5 Å². The molecular formula is C39H57N9O11. The molecule has 1 aromatic rings. The summed E-state index contributed by atoms with van der Waals surface area (Å²) < 4.78 is 0. The number of rotatable bonds is 23. The zero-order valence-electron chi connectivity index (χ0n) is 33.7. The number of nitrogens with two attached hydrogens (primary N) is 2. The quantitative estimate of drug-likeness (QED) is 0.0527. The molecule has 0 saturated heterocycles. The van der Waals surface area contributed by atoms with Crippen LogP contribution < -0.4 is 48.7 Å². The van der Waals surface area contributed by atoms with Gasteiger partial charge in [0.15, 0.2) is 0 Å². The first-order chi connectivity index (χ1) is 27.8. The standard InChI is InChI=1S/C39H57N9O11/c1-21(2)32(35(41)54)46-37(56)33(22(3)4)47-38(57)34(24-13-9-6-10-14-24)48-36(55)25(18-27(40)49)44-29(51)16-15-28(50)42-19-30(52)43-20-31(53)45-26(39(58)59)17-23-11-7-5-8-12-23/h5,7-8,11-12,15-16,21-22,24-26,32-34H,6,9-10,13-14,17-20H2,1-4H3,(H2,40,49)(H2,41,54)(H,42,50)(H,43,52)(H,44,51)(H,45,53)(H,46,56)(H,47,57)(H,48,55)(H,58,59)/b16-15+/t25-,26-,32-,33-,34-/m0/s1. The summed E-state index contributed by atoms with van der Waals surface area (Å²) in [5, 5.41) is 26.4. The van der Waals surface area contributed by atoms with Crippen molar-refractivity contribution in [2.75, 3.05) is 13.1 Å². The number of carboxylic acids is 1. The van der Waals surface area contributed by atoms with E-state index in [-0.39, 0.29) is 18.3 Å². The van der Waals surface area contributed by atoms with Crippen LogP contribution in [0.2, 0.25) is 0 Å². The van der Waals surface area contributed by atoms with E-state index < -0.39 is 115 Å². The second kappa shape index (κ2) is 24.4. The molecule has 1 aliphatic rings. The zero-order valence-corrected chi connectivity index (χ0v) is 33.7. The number of nitrogens with one attached hydrogen (secondary N) is 7. The topological polar surface area (TPSA) is 327 Å². The average Bonchev–Trinajstić information content (AvgIpc) is 3.17. The van der Waals surface area contributed by atoms with Gasteiger partial charge in [0.05, 0.1) is 19.5 Å². The highest BCUT2D eigenvalue weighted by molar-refractivity contribution is 6.01. The third kappa shape index (κ3) is 17.8. The number of carbonyl (C=O) groups is 10. The van der Waals surface area contributed by atoms with Gasteiger partial charge in [-0.1, -0.05) is 77.3 Å². The van der Waals surface area contributed by atoms with E-state index in [0.717, 1.165) is 31.4 Å². The SMILES string of the molecule is CC(C)[C@H](NC(=O)[C@@H](NC(=O)[C@@H](NC(=O)[C@H](CC(N)=O)NC(=O)/C=C/C(=O)NCC(=O)NCC(=O)N[C@@H](Cc1ccccc1)C(=O)O)C1CCCCC1)C(C)C)C(N)=O. The molecular weight excluding hydrogens is 770 g/mol. The van der Waals surface area contributed by atoms with Gasteiger partial charge in [-0.05, 0) is 36.2 Å². The van der Waals surface area contributed by atoms with Crippen LogP contribution in [-0.4, -0.2) is 108 Å². The predicted octanol–water partition coefficient (Wildman–Crippen LogP) is -2.22. The first-order valence-corrected chi connectivity index (χ1v) is 19.4. The minimum atomic E-state index is -1.58. The highest BCUT2D eigenvalue weighted by Gasteiger charge is 2.37. The second-order valence-corrected chi connectivity index (χ2v) is 15.0. The van der Waals surface area contributed by atoms with Gasteiger partial charge in [0.25, 0.3) is 0 Å². The molecule has 20 heteroatoms. The Balaban J connectivity index is 2.02. The maximum absolute atomic E-state index is 13.8. The lowest BCUT2D eigenvalue weighted by atomic mass is 9.83. The maximum atomic E-state index is 13.8. The summed E-state index contributed by atoms with van der Waals surface area (Å²) in [6, 6.07) is 2.47. The number of hydrogen-bond acceptors (Lipinski definition) is 10. The molecule has 12 N–H and O–H groups in total. The fourth-order valence-electron chi connectivity index (χ4n) is 6.25. The average molecular weight is 828 g/mol. The molecule has 0 spiro atoms. The summed E-state index contributed by atoms with van der Waals surface area (Å²) in [7, 11) is 0. The van der Waals surface area contributed by atoms with Crippen molar-refractivity contribution in [2.45, 2.75) is 103 Å². The van der Waals surface area contributed by atoms with Crippen molar-refractivity contribution in [3.05, 3.63) is 48.0 Å². The molecule has 0 aromatic heterocycles. The molecule has 0 unspecified atom stereocenters. The molecule has 9 amide bonds. The lowest BCUT2D eigenvalue weighted by Gasteiger charge is -2.33. The Morgan fingerprint density at radius 3 is 1.80 bits per heavy atom.